The van der Waals surface area contributed by atoms with Crippen molar-refractivity contribution < 1.29 is 9.21 Å². The highest BCUT2D eigenvalue weighted by atomic mass is 16.4. The Balaban J connectivity index is 1.27. The van der Waals surface area contributed by atoms with Crippen LogP contribution in [0.3, 0.4) is 0 Å². The molecule has 1 fully saturated rings. The Morgan fingerprint density at radius 2 is 2.00 bits per heavy atom. The van der Waals surface area contributed by atoms with Gasteiger partial charge < -0.3 is 9.32 Å². The third kappa shape index (κ3) is 3.48. The van der Waals surface area contributed by atoms with E-state index in [9.17, 15) is 4.79 Å². The number of nitrogens with zero attached hydrogens (tertiary/aromatic N) is 4. The van der Waals surface area contributed by atoms with Crippen LogP contribution >= 0.6 is 0 Å². The molecule has 6 nitrogen and oxygen atoms in total. The maximum Gasteiger partial charge on any atom is 0.254 e. The SMILES string of the molecule is Cc1cc(C)n(Cc2ccc(C(=O)N3CCc4oc(C5CCC5)nc4C3)cc2)n1. The molecule has 1 aromatic carbocycles. The van der Waals surface area contributed by atoms with E-state index in [2.05, 4.69) is 18.1 Å². The fourth-order valence-corrected chi connectivity index (χ4v) is 4.16. The smallest absolute Gasteiger partial charge is 0.254 e. The molecular weight excluding hydrogens is 364 g/mol. The van der Waals surface area contributed by atoms with Crippen molar-refractivity contribution in [3.8, 4) is 0 Å². The topological polar surface area (TPSA) is 64.2 Å². The van der Waals surface area contributed by atoms with Gasteiger partial charge in [0.1, 0.15) is 11.5 Å². The van der Waals surface area contributed by atoms with E-state index in [4.69, 9.17) is 9.40 Å². The van der Waals surface area contributed by atoms with Gasteiger partial charge in [0.25, 0.3) is 5.91 Å². The lowest BCUT2D eigenvalue weighted by molar-refractivity contribution is 0.0728. The van der Waals surface area contributed by atoms with E-state index in [0.717, 1.165) is 40.7 Å². The normalized spacial score (nSPS) is 16.6. The van der Waals surface area contributed by atoms with Crippen LogP contribution in [0.5, 0.6) is 0 Å². The van der Waals surface area contributed by atoms with Gasteiger partial charge in [-0.2, -0.15) is 5.10 Å². The molecule has 1 aliphatic carbocycles. The first-order valence-electron chi connectivity index (χ1n) is 10.4. The average molecular weight is 390 g/mol. The largest absolute Gasteiger partial charge is 0.445 e. The molecule has 3 aromatic rings. The fourth-order valence-electron chi connectivity index (χ4n) is 4.16. The molecule has 5 rings (SSSR count). The van der Waals surface area contributed by atoms with E-state index in [1.165, 1.54) is 19.3 Å². The van der Waals surface area contributed by atoms with Crippen LogP contribution in [0.25, 0.3) is 0 Å². The number of hydrogen-bond acceptors (Lipinski definition) is 4. The molecule has 1 aliphatic heterocycles. The Bertz CT molecular complexity index is 1040. The highest BCUT2D eigenvalue weighted by molar-refractivity contribution is 5.94. The first-order chi connectivity index (χ1) is 14.1. The summed E-state index contributed by atoms with van der Waals surface area (Å²) in [5, 5.41) is 4.51. The van der Waals surface area contributed by atoms with Crippen LogP contribution < -0.4 is 0 Å². The van der Waals surface area contributed by atoms with Gasteiger partial charge in [-0.25, -0.2) is 4.98 Å². The minimum Gasteiger partial charge on any atom is -0.445 e. The summed E-state index contributed by atoms with van der Waals surface area (Å²) >= 11 is 0. The number of fused-ring (bicyclic) bond motifs is 1. The highest BCUT2D eigenvalue weighted by Crippen LogP contribution is 2.37. The van der Waals surface area contributed by atoms with Gasteiger partial charge in [-0.15, -0.1) is 0 Å². The Morgan fingerprint density at radius 3 is 2.66 bits per heavy atom. The molecule has 2 aromatic heterocycles. The summed E-state index contributed by atoms with van der Waals surface area (Å²) in [5.41, 5.74) is 4.95. The lowest BCUT2D eigenvalue weighted by Crippen LogP contribution is -2.35. The number of amides is 1. The predicted octanol–water partition coefficient (Wildman–Crippen LogP) is 4.00. The molecule has 2 aliphatic rings. The second-order valence-corrected chi connectivity index (χ2v) is 8.31. The summed E-state index contributed by atoms with van der Waals surface area (Å²) in [5.74, 6) is 2.39. The van der Waals surface area contributed by atoms with Gasteiger partial charge in [0.15, 0.2) is 5.89 Å². The van der Waals surface area contributed by atoms with Gasteiger partial charge in [-0.1, -0.05) is 18.6 Å². The molecular formula is C23H26N4O2. The zero-order valence-electron chi connectivity index (χ0n) is 17.0. The fraction of sp³-hybridized carbons (Fsp3) is 0.435. The molecule has 0 N–H and O–H groups in total. The highest BCUT2D eigenvalue weighted by Gasteiger charge is 2.30. The lowest BCUT2D eigenvalue weighted by Gasteiger charge is -2.25. The van der Waals surface area contributed by atoms with Gasteiger partial charge >= 0.3 is 0 Å². The van der Waals surface area contributed by atoms with Crippen molar-refractivity contribution in [1.29, 1.82) is 0 Å². The van der Waals surface area contributed by atoms with Crippen molar-refractivity contribution in [2.75, 3.05) is 6.54 Å². The van der Waals surface area contributed by atoms with E-state index < -0.39 is 0 Å². The van der Waals surface area contributed by atoms with Crippen LogP contribution in [0.1, 0.15) is 69.8 Å². The summed E-state index contributed by atoms with van der Waals surface area (Å²) < 4.78 is 7.96. The molecule has 29 heavy (non-hydrogen) atoms. The third-order valence-corrected chi connectivity index (χ3v) is 6.12. The number of oxazole rings is 1. The summed E-state index contributed by atoms with van der Waals surface area (Å²) in [6.07, 6.45) is 4.35. The predicted molar refractivity (Wildman–Crippen MR) is 109 cm³/mol. The van der Waals surface area contributed by atoms with E-state index in [1.807, 2.05) is 40.8 Å². The maximum atomic E-state index is 13.0. The lowest BCUT2D eigenvalue weighted by atomic mass is 9.85. The number of rotatable bonds is 4. The van der Waals surface area contributed by atoms with Crippen molar-refractivity contribution in [3.63, 3.8) is 0 Å². The number of hydrogen-bond donors (Lipinski definition) is 0. The van der Waals surface area contributed by atoms with Crippen molar-refractivity contribution in [2.45, 2.75) is 58.5 Å². The molecule has 1 amide bonds. The minimum absolute atomic E-state index is 0.0570. The molecule has 0 bridgehead atoms. The number of carbonyl (C=O) groups is 1. The second kappa shape index (κ2) is 7.17. The van der Waals surface area contributed by atoms with Crippen molar-refractivity contribution in [2.24, 2.45) is 0 Å². The Kier molecular flexibility index (Phi) is 4.49. The van der Waals surface area contributed by atoms with Gasteiger partial charge in [-0.3, -0.25) is 9.48 Å². The van der Waals surface area contributed by atoms with Crippen LogP contribution in [0.15, 0.2) is 34.7 Å². The van der Waals surface area contributed by atoms with Crippen molar-refractivity contribution in [1.82, 2.24) is 19.7 Å². The van der Waals surface area contributed by atoms with E-state index in [1.54, 1.807) is 0 Å². The number of carbonyl (C=O) groups excluding carboxylic acids is 1. The number of aromatic nitrogens is 3. The molecule has 6 heteroatoms. The van der Waals surface area contributed by atoms with Gasteiger partial charge in [0.05, 0.1) is 18.8 Å². The molecule has 1 saturated carbocycles. The summed E-state index contributed by atoms with van der Waals surface area (Å²) in [7, 11) is 0. The summed E-state index contributed by atoms with van der Waals surface area (Å²) in [4.78, 5) is 19.6. The Morgan fingerprint density at radius 1 is 1.21 bits per heavy atom. The Labute approximate surface area is 170 Å². The summed E-state index contributed by atoms with van der Waals surface area (Å²) in [6.45, 7) is 5.99. The van der Waals surface area contributed by atoms with Crippen LogP contribution in [-0.4, -0.2) is 32.1 Å². The summed E-state index contributed by atoms with van der Waals surface area (Å²) in [6, 6.07) is 9.94. The molecule has 3 heterocycles. The van der Waals surface area contributed by atoms with E-state index >= 15 is 0 Å². The quantitative estimate of drug-likeness (QED) is 0.675. The first-order valence-corrected chi connectivity index (χ1v) is 10.4. The van der Waals surface area contributed by atoms with Crippen molar-refractivity contribution >= 4 is 5.91 Å². The van der Waals surface area contributed by atoms with Crippen LogP contribution in [-0.2, 0) is 19.5 Å². The van der Waals surface area contributed by atoms with E-state index in [-0.39, 0.29) is 5.91 Å². The van der Waals surface area contributed by atoms with Gasteiger partial charge in [-0.05, 0) is 50.5 Å². The van der Waals surface area contributed by atoms with Gasteiger partial charge in [0.2, 0.25) is 0 Å². The zero-order valence-corrected chi connectivity index (χ0v) is 17.0. The number of benzene rings is 1. The first kappa shape index (κ1) is 18.2. The molecule has 0 spiro atoms. The van der Waals surface area contributed by atoms with Crippen molar-refractivity contribution in [3.05, 3.63) is 70.2 Å². The molecule has 0 saturated heterocycles. The van der Waals surface area contributed by atoms with Crippen LogP contribution in [0.2, 0.25) is 0 Å². The molecule has 0 radical (unpaired) electrons. The second-order valence-electron chi connectivity index (χ2n) is 8.31. The minimum atomic E-state index is 0.0570. The maximum absolute atomic E-state index is 13.0. The average Bonchev–Trinajstić information content (AvgIpc) is 3.21. The van der Waals surface area contributed by atoms with Crippen LogP contribution in [0, 0.1) is 13.8 Å². The third-order valence-electron chi connectivity index (χ3n) is 6.12. The monoisotopic (exact) mass is 390 g/mol. The zero-order chi connectivity index (χ0) is 20.0. The van der Waals surface area contributed by atoms with E-state index in [0.29, 0.717) is 31.1 Å². The molecule has 0 atom stereocenters. The van der Waals surface area contributed by atoms with Gasteiger partial charge in [0, 0.05) is 30.1 Å². The standard InChI is InChI=1S/C23H26N4O2/c1-15-12-16(2)27(25-15)13-17-6-8-19(9-7-17)23(28)26-11-10-21-20(14-26)24-22(29-21)18-4-3-5-18/h6-9,12,18H,3-5,10-11,13-14H2,1-2H3. The molecule has 150 valence electrons. The number of aryl methyl sites for hydroxylation is 2. The molecule has 0 unspecified atom stereocenters. The Hall–Kier alpha value is -2.89. The van der Waals surface area contributed by atoms with Crippen LogP contribution in [0.4, 0.5) is 0 Å².